The Morgan fingerprint density at radius 2 is 2.42 bits per heavy atom. The summed E-state index contributed by atoms with van der Waals surface area (Å²) in [4.78, 5) is 5.58. The Kier molecular flexibility index (Phi) is 2.47. The fourth-order valence-electron chi connectivity index (χ4n) is 2.40. The third-order valence-corrected chi connectivity index (χ3v) is 2.96. The molecule has 2 unspecified atom stereocenters. The highest BCUT2D eigenvalue weighted by molar-refractivity contribution is 4.86. The highest BCUT2D eigenvalue weighted by atomic mass is 16.7. The summed E-state index contributed by atoms with van der Waals surface area (Å²) in [6.07, 6.45) is 7.31. The zero-order valence-electron chi connectivity index (χ0n) is 7.54. The molecule has 68 valence electrons. The van der Waals surface area contributed by atoms with Crippen molar-refractivity contribution >= 4 is 0 Å². The zero-order valence-corrected chi connectivity index (χ0v) is 7.54. The van der Waals surface area contributed by atoms with Gasteiger partial charge < -0.3 is 0 Å². The van der Waals surface area contributed by atoms with Gasteiger partial charge in [-0.1, -0.05) is 12.5 Å². The summed E-state index contributed by atoms with van der Waals surface area (Å²) in [6, 6.07) is 0.712. The minimum Gasteiger partial charge on any atom is -0.295 e. The molecule has 0 amide bonds. The van der Waals surface area contributed by atoms with E-state index in [9.17, 15) is 0 Å². The van der Waals surface area contributed by atoms with Crippen LogP contribution in [0.3, 0.4) is 0 Å². The van der Waals surface area contributed by atoms with Crippen LogP contribution in [0.1, 0.15) is 25.7 Å². The number of nitrogens with zero attached hydrogens (tertiary/aromatic N) is 1. The summed E-state index contributed by atoms with van der Waals surface area (Å²) in [5, 5.41) is 2.18. The van der Waals surface area contributed by atoms with Crippen molar-refractivity contribution in [2.24, 2.45) is 5.92 Å². The number of hydrogen-bond donors (Lipinski definition) is 0. The number of rotatable bonds is 3. The number of hydrogen-bond acceptors (Lipinski definition) is 2. The van der Waals surface area contributed by atoms with Gasteiger partial charge in [-0.2, -0.15) is 5.06 Å². The van der Waals surface area contributed by atoms with Gasteiger partial charge >= 0.3 is 0 Å². The fourth-order valence-corrected chi connectivity index (χ4v) is 2.40. The molecule has 2 nitrogen and oxygen atoms in total. The van der Waals surface area contributed by atoms with E-state index < -0.39 is 0 Å². The summed E-state index contributed by atoms with van der Waals surface area (Å²) < 4.78 is 0. The molecule has 2 aliphatic rings. The quantitative estimate of drug-likeness (QED) is 0.596. The average molecular weight is 167 g/mol. The third-order valence-electron chi connectivity index (χ3n) is 2.96. The zero-order chi connectivity index (χ0) is 8.39. The van der Waals surface area contributed by atoms with Gasteiger partial charge in [0.15, 0.2) is 0 Å². The lowest BCUT2D eigenvalue weighted by molar-refractivity contribution is -0.158. The molecular formula is C10H17NO. The van der Waals surface area contributed by atoms with Crippen LogP contribution in [-0.2, 0) is 4.84 Å². The maximum Gasteiger partial charge on any atom is 0.0864 e. The first-order valence-electron chi connectivity index (χ1n) is 4.90. The molecule has 0 aromatic rings. The van der Waals surface area contributed by atoms with Crippen LogP contribution in [0.25, 0.3) is 0 Å². The van der Waals surface area contributed by atoms with Crippen molar-refractivity contribution in [1.29, 1.82) is 0 Å². The Labute approximate surface area is 74.1 Å². The van der Waals surface area contributed by atoms with E-state index in [1.54, 1.807) is 0 Å². The van der Waals surface area contributed by atoms with Crippen molar-refractivity contribution in [3.05, 3.63) is 12.7 Å². The topological polar surface area (TPSA) is 12.5 Å². The van der Waals surface area contributed by atoms with Gasteiger partial charge in [-0.15, -0.1) is 6.58 Å². The first-order chi connectivity index (χ1) is 5.90. The second-order valence-electron chi connectivity index (χ2n) is 3.87. The molecule has 0 radical (unpaired) electrons. The van der Waals surface area contributed by atoms with E-state index in [1.807, 2.05) is 6.08 Å². The van der Waals surface area contributed by atoms with E-state index in [0.29, 0.717) is 12.6 Å². The number of fused-ring (bicyclic) bond motifs is 2. The molecule has 2 heteroatoms. The van der Waals surface area contributed by atoms with Crippen molar-refractivity contribution in [3.8, 4) is 0 Å². The van der Waals surface area contributed by atoms with Crippen molar-refractivity contribution in [3.63, 3.8) is 0 Å². The highest BCUT2D eigenvalue weighted by Crippen LogP contribution is 2.35. The second kappa shape index (κ2) is 3.58. The predicted octanol–water partition coefficient (Wildman–Crippen LogP) is 1.98. The Balaban J connectivity index is 1.86. The molecular weight excluding hydrogens is 150 g/mol. The molecule has 1 aliphatic heterocycles. The molecule has 1 heterocycles. The fraction of sp³-hybridized carbons (Fsp3) is 0.800. The molecule has 0 aromatic carbocycles. The summed E-state index contributed by atoms with van der Waals surface area (Å²) >= 11 is 0. The first kappa shape index (κ1) is 8.27. The molecule has 0 N–H and O–H groups in total. The van der Waals surface area contributed by atoms with E-state index in [2.05, 4.69) is 11.6 Å². The summed E-state index contributed by atoms with van der Waals surface area (Å²) in [5.41, 5.74) is 0. The van der Waals surface area contributed by atoms with Crippen LogP contribution in [0, 0.1) is 5.92 Å². The van der Waals surface area contributed by atoms with Gasteiger partial charge in [0, 0.05) is 12.6 Å². The maximum atomic E-state index is 5.58. The lowest BCUT2D eigenvalue weighted by Crippen LogP contribution is -2.29. The molecule has 0 aromatic heterocycles. The Hall–Kier alpha value is -0.340. The van der Waals surface area contributed by atoms with Crippen molar-refractivity contribution in [2.45, 2.75) is 31.7 Å². The van der Waals surface area contributed by atoms with E-state index in [1.165, 1.54) is 25.7 Å². The van der Waals surface area contributed by atoms with Crippen LogP contribution in [-0.4, -0.2) is 24.3 Å². The predicted molar refractivity (Wildman–Crippen MR) is 48.6 cm³/mol. The van der Waals surface area contributed by atoms with Crippen LogP contribution in [0.2, 0.25) is 0 Å². The molecule has 12 heavy (non-hydrogen) atoms. The van der Waals surface area contributed by atoms with Crippen molar-refractivity contribution in [2.75, 3.05) is 13.2 Å². The SMILES string of the molecule is C=CCON1CC2CCCC1C2. The second-order valence-corrected chi connectivity index (χ2v) is 3.87. The molecule has 2 rings (SSSR count). The van der Waals surface area contributed by atoms with E-state index in [0.717, 1.165) is 12.5 Å². The van der Waals surface area contributed by atoms with Gasteiger partial charge in [0.2, 0.25) is 0 Å². The van der Waals surface area contributed by atoms with Gasteiger partial charge in [-0.3, -0.25) is 4.84 Å². The minimum absolute atomic E-state index is 0.670. The van der Waals surface area contributed by atoms with Gasteiger partial charge in [-0.05, 0) is 25.2 Å². The van der Waals surface area contributed by atoms with Crippen molar-refractivity contribution < 1.29 is 4.84 Å². The molecule has 2 fully saturated rings. The lowest BCUT2D eigenvalue weighted by Gasteiger charge is -2.22. The van der Waals surface area contributed by atoms with Gasteiger partial charge in [0.05, 0.1) is 6.61 Å². The van der Waals surface area contributed by atoms with Crippen LogP contribution in [0.4, 0.5) is 0 Å². The largest absolute Gasteiger partial charge is 0.295 e. The van der Waals surface area contributed by atoms with Crippen molar-refractivity contribution in [1.82, 2.24) is 5.06 Å². The lowest BCUT2D eigenvalue weighted by atomic mass is 9.91. The van der Waals surface area contributed by atoms with E-state index >= 15 is 0 Å². The van der Waals surface area contributed by atoms with Crippen LogP contribution >= 0.6 is 0 Å². The average Bonchev–Trinajstić information content (AvgIpc) is 2.38. The first-order valence-corrected chi connectivity index (χ1v) is 4.90. The van der Waals surface area contributed by atoms with Crippen LogP contribution < -0.4 is 0 Å². The standard InChI is InChI=1S/C10H17NO/c1-2-6-12-11-8-9-4-3-5-10(11)7-9/h2,9-10H,1,3-8H2. The Bertz CT molecular complexity index is 169. The Morgan fingerprint density at radius 3 is 3.17 bits per heavy atom. The van der Waals surface area contributed by atoms with Crippen LogP contribution in [0.5, 0.6) is 0 Å². The summed E-state index contributed by atoms with van der Waals surface area (Å²) in [6.45, 7) is 5.48. The van der Waals surface area contributed by atoms with E-state index in [4.69, 9.17) is 4.84 Å². The van der Waals surface area contributed by atoms with Gasteiger partial charge in [0.25, 0.3) is 0 Å². The smallest absolute Gasteiger partial charge is 0.0864 e. The normalized spacial score (nSPS) is 35.3. The molecule has 1 aliphatic carbocycles. The summed E-state index contributed by atoms with van der Waals surface area (Å²) in [7, 11) is 0. The third kappa shape index (κ3) is 1.54. The summed E-state index contributed by atoms with van der Waals surface area (Å²) in [5.74, 6) is 0.911. The monoisotopic (exact) mass is 167 g/mol. The molecule has 1 saturated heterocycles. The molecule has 2 atom stereocenters. The van der Waals surface area contributed by atoms with Gasteiger partial charge in [-0.25, -0.2) is 0 Å². The molecule has 2 bridgehead atoms. The van der Waals surface area contributed by atoms with Crippen LogP contribution in [0.15, 0.2) is 12.7 Å². The minimum atomic E-state index is 0.670. The van der Waals surface area contributed by atoms with E-state index in [-0.39, 0.29) is 0 Å². The highest BCUT2D eigenvalue weighted by Gasteiger charge is 2.35. The molecule has 1 saturated carbocycles. The maximum absolute atomic E-state index is 5.58. The Morgan fingerprint density at radius 1 is 1.50 bits per heavy atom. The van der Waals surface area contributed by atoms with Gasteiger partial charge in [0.1, 0.15) is 0 Å². The number of hydroxylamine groups is 2. The molecule has 0 spiro atoms.